The van der Waals surface area contributed by atoms with Gasteiger partial charge in [0.2, 0.25) is 5.91 Å². The van der Waals surface area contributed by atoms with Crippen molar-refractivity contribution in [1.29, 1.82) is 0 Å². The molecule has 0 atom stereocenters. The van der Waals surface area contributed by atoms with E-state index < -0.39 is 0 Å². The van der Waals surface area contributed by atoms with Gasteiger partial charge >= 0.3 is 0 Å². The first-order valence-corrected chi connectivity index (χ1v) is 10.4. The number of hydrogen-bond acceptors (Lipinski definition) is 3. The van der Waals surface area contributed by atoms with Gasteiger partial charge in [-0.25, -0.2) is 0 Å². The molecule has 7 heteroatoms. The Kier molecular flexibility index (Phi) is 9.59. The number of ether oxygens (including phenoxy) is 1. The van der Waals surface area contributed by atoms with Crippen molar-refractivity contribution in [2.24, 2.45) is 0 Å². The summed E-state index contributed by atoms with van der Waals surface area (Å²) >= 11 is 9.46. The molecule has 0 bridgehead atoms. The lowest BCUT2D eigenvalue weighted by Crippen LogP contribution is -2.28. The van der Waals surface area contributed by atoms with Gasteiger partial charge < -0.3 is 15.0 Å². The van der Waals surface area contributed by atoms with Crippen LogP contribution < -0.4 is 10.1 Å². The highest BCUT2D eigenvalue weighted by Crippen LogP contribution is 2.24. The van der Waals surface area contributed by atoms with Crippen LogP contribution in [0.3, 0.4) is 0 Å². The molecule has 0 radical (unpaired) electrons. The summed E-state index contributed by atoms with van der Waals surface area (Å²) < 4.78 is 7.04. The Hall–Kier alpha value is -1.27. The number of benzene rings is 2. The van der Waals surface area contributed by atoms with Crippen LogP contribution in [0.4, 0.5) is 0 Å². The topological polar surface area (TPSA) is 41.6 Å². The SMILES string of the molecule is Cl.O=C1CCCN1CCCNCc1cc(Br)ccc1OCc1ccc(Cl)cc1. The molecule has 2 aromatic rings. The molecule has 1 fully saturated rings. The smallest absolute Gasteiger partial charge is 0.222 e. The van der Waals surface area contributed by atoms with Gasteiger partial charge in [-0.15, -0.1) is 12.4 Å². The summed E-state index contributed by atoms with van der Waals surface area (Å²) in [5.74, 6) is 1.16. The van der Waals surface area contributed by atoms with Crippen LogP contribution in [0.25, 0.3) is 0 Å². The molecule has 1 heterocycles. The largest absolute Gasteiger partial charge is 0.489 e. The molecule has 28 heavy (non-hydrogen) atoms. The van der Waals surface area contributed by atoms with E-state index in [-0.39, 0.29) is 12.4 Å². The van der Waals surface area contributed by atoms with Crippen LogP contribution >= 0.6 is 39.9 Å². The summed E-state index contributed by atoms with van der Waals surface area (Å²) in [6.07, 6.45) is 2.67. The first-order valence-electron chi connectivity index (χ1n) is 9.26. The van der Waals surface area contributed by atoms with E-state index in [1.807, 2.05) is 41.3 Å². The predicted molar refractivity (Wildman–Crippen MR) is 119 cm³/mol. The summed E-state index contributed by atoms with van der Waals surface area (Å²) in [5, 5.41) is 4.18. The average molecular weight is 488 g/mol. The molecule has 0 aromatic heterocycles. The van der Waals surface area contributed by atoms with Gasteiger partial charge in [-0.2, -0.15) is 0 Å². The lowest BCUT2D eigenvalue weighted by molar-refractivity contribution is -0.127. The zero-order chi connectivity index (χ0) is 19.1. The van der Waals surface area contributed by atoms with Crippen molar-refractivity contribution in [3.63, 3.8) is 0 Å². The van der Waals surface area contributed by atoms with Crippen molar-refractivity contribution in [2.75, 3.05) is 19.6 Å². The Morgan fingerprint density at radius 3 is 2.68 bits per heavy atom. The minimum Gasteiger partial charge on any atom is -0.489 e. The van der Waals surface area contributed by atoms with Gasteiger partial charge in [-0.05, 0) is 55.3 Å². The lowest BCUT2D eigenvalue weighted by atomic mass is 10.2. The highest BCUT2D eigenvalue weighted by atomic mass is 79.9. The highest BCUT2D eigenvalue weighted by Gasteiger charge is 2.18. The predicted octanol–water partition coefficient (Wildman–Crippen LogP) is 5.21. The fraction of sp³-hybridized carbons (Fsp3) is 0.381. The lowest BCUT2D eigenvalue weighted by Gasteiger charge is -2.16. The molecule has 1 aliphatic rings. The van der Waals surface area contributed by atoms with Gasteiger partial charge in [0.25, 0.3) is 0 Å². The van der Waals surface area contributed by atoms with E-state index in [0.29, 0.717) is 18.9 Å². The average Bonchev–Trinajstić information content (AvgIpc) is 3.07. The van der Waals surface area contributed by atoms with Crippen LogP contribution in [0.15, 0.2) is 46.9 Å². The third-order valence-electron chi connectivity index (χ3n) is 4.60. The van der Waals surface area contributed by atoms with E-state index in [4.69, 9.17) is 16.3 Å². The van der Waals surface area contributed by atoms with Crippen molar-refractivity contribution in [3.05, 3.63) is 63.1 Å². The Morgan fingerprint density at radius 1 is 1.18 bits per heavy atom. The van der Waals surface area contributed by atoms with Gasteiger partial charge in [-0.1, -0.05) is 39.7 Å². The third-order valence-corrected chi connectivity index (χ3v) is 5.34. The normalized spacial score (nSPS) is 13.5. The van der Waals surface area contributed by atoms with Gasteiger partial charge in [0, 0.05) is 41.1 Å². The second kappa shape index (κ2) is 11.7. The Balaban J connectivity index is 0.00000280. The minimum absolute atomic E-state index is 0. The summed E-state index contributed by atoms with van der Waals surface area (Å²) in [6.45, 7) is 3.84. The fourth-order valence-electron chi connectivity index (χ4n) is 3.13. The quantitative estimate of drug-likeness (QED) is 0.494. The number of hydrogen-bond donors (Lipinski definition) is 1. The first-order chi connectivity index (χ1) is 13.1. The maximum absolute atomic E-state index is 11.6. The molecular formula is C21H25BrCl2N2O2. The molecule has 1 aliphatic heterocycles. The van der Waals surface area contributed by atoms with E-state index in [0.717, 1.165) is 65.4 Å². The molecule has 0 unspecified atom stereocenters. The molecule has 3 rings (SSSR count). The summed E-state index contributed by atoms with van der Waals surface area (Å²) in [7, 11) is 0. The number of amides is 1. The molecule has 2 aromatic carbocycles. The van der Waals surface area contributed by atoms with E-state index in [1.165, 1.54) is 0 Å². The molecule has 1 amide bonds. The van der Waals surface area contributed by atoms with Crippen molar-refractivity contribution in [3.8, 4) is 5.75 Å². The van der Waals surface area contributed by atoms with Crippen LogP contribution in [0.2, 0.25) is 5.02 Å². The summed E-state index contributed by atoms with van der Waals surface area (Å²) in [4.78, 5) is 13.6. The van der Waals surface area contributed by atoms with E-state index in [1.54, 1.807) is 0 Å². The van der Waals surface area contributed by atoms with E-state index in [9.17, 15) is 4.79 Å². The molecule has 0 spiro atoms. The van der Waals surface area contributed by atoms with Gasteiger partial charge in [0.1, 0.15) is 12.4 Å². The van der Waals surface area contributed by atoms with Crippen molar-refractivity contribution in [1.82, 2.24) is 10.2 Å². The van der Waals surface area contributed by atoms with Gasteiger partial charge in [-0.3, -0.25) is 4.79 Å². The standard InChI is InChI=1S/C21H24BrClN2O2.ClH/c22-18-6-9-20(27-15-16-4-7-19(23)8-5-16)17(13-18)14-24-10-2-12-25-11-1-3-21(25)26;/h4-9,13,24H,1-3,10-12,14-15H2;1H. The zero-order valence-electron chi connectivity index (χ0n) is 15.6. The number of rotatable bonds is 9. The van der Waals surface area contributed by atoms with Crippen LogP contribution in [-0.2, 0) is 17.9 Å². The summed E-state index contributed by atoms with van der Waals surface area (Å²) in [5.41, 5.74) is 2.19. The fourth-order valence-corrected chi connectivity index (χ4v) is 3.66. The van der Waals surface area contributed by atoms with Crippen molar-refractivity contribution >= 4 is 45.8 Å². The number of halogens is 3. The second-order valence-electron chi connectivity index (χ2n) is 6.68. The Labute approximate surface area is 186 Å². The van der Waals surface area contributed by atoms with Crippen molar-refractivity contribution < 1.29 is 9.53 Å². The third kappa shape index (κ3) is 6.96. The van der Waals surface area contributed by atoms with E-state index >= 15 is 0 Å². The molecule has 0 saturated carbocycles. The number of nitrogens with one attached hydrogen (secondary N) is 1. The minimum atomic E-state index is 0. The zero-order valence-corrected chi connectivity index (χ0v) is 18.8. The molecule has 1 saturated heterocycles. The Morgan fingerprint density at radius 2 is 1.96 bits per heavy atom. The second-order valence-corrected chi connectivity index (χ2v) is 8.03. The first kappa shape index (κ1) is 23.0. The molecule has 152 valence electrons. The van der Waals surface area contributed by atoms with Gasteiger partial charge in [0.05, 0.1) is 0 Å². The van der Waals surface area contributed by atoms with Crippen LogP contribution in [0.5, 0.6) is 5.75 Å². The van der Waals surface area contributed by atoms with Gasteiger partial charge in [0.15, 0.2) is 0 Å². The number of carbonyl (C=O) groups is 1. The maximum Gasteiger partial charge on any atom is 0.222 e. The maximum atomic E-state index is 11.6. The highest BCUT2D eigenvalue weighted by molar-refractivity contribution is 9.10. The molecule has 0 aliphatic carbocycles. The molecule has 1 N–H and O–H groups in total. The number of likely N-dealkylation sites (tertiary alicyclic amines) is 1. The van der Waals surface area contributed by atoms with Crippen molar-refractivity contribution in [2.45, 2.75) is 32.4 Å². The number of nitrogens with zero attached hydrogens (tertiary/aromatic N) is 1. The number of carbonyl (C=O) groups excluding carboxylic acids is 1. The molecular weight excluding hydrogens is 463 g/mol. The van der Waals surface area contributed by atoms with Crippen LogP contribution in [0, 0.1) is 0 Å². The summed E-state index contributed by atoms with van der Waals surface area (Å²) in [6, 6.07) is 13.7. The van der Waals surface area contributed by atoms with Crippen LogP contribution in [-0.4, -0.2) is 30.4 Å². The Bertz CT molecular complexity index is 772. The van der Waals surface area contributed by atoms with E-state index in [2.05, 4.69) is 27.3 Å². The molecule has 4 nitrogen and oxygen atoms in total. The monoisotopic (exact) mass is 486 g/mol. The van der Waals surface area contributed by atoms with Crippen LogP contribution in [0.1, 0.15) is 30.4 Å².